The Labute approximate surface area is 224 Å². The normalized spacial score (nSPS) is 18.9. The maximum Gasteiger partial charge on any atom is 0.457 e. The molecule has 2 heterocycles. The minimum atomic E-state index is -6.12. The molecule has 10 heteroatoms. The maximum absolute atomic E-state index is 16.2. The molecule has 4 rings (SSSR count). The molecule has 0 amide bonds. The van der Waals surface area contributed by atoms with Gasteiger partial charge in [-0.3, -0.25) is 0 Å². The van der Waals surface area contributed by atoms with Gasteiger partial charge in [0, 0.05) is 22.0 Å². The highest BCUT2D eigenvalue weighted by molar-refractivity contribution is 5.42. The number of benzene rings is 2. The molecule has 216 valence electrons. The van der Waals surface area contributed by atoms with E-state index in [1.165, 1.54) is 24.3 Å². The van der Waals surface area contributed by atoms with Gasteiger partial charge < -0.3 is 18.9 Å². The number of rotatable bonds is 13. The highest BCUT2D eigenvalue weighted by Gasteiger charge is 2.72. The van der Waals surface area contributed by atoms with Crippen LogP contribution in [0.2, 0.25) is 0 Å². The Balaban J connectivity index is 1.50. The van der Waals surface area contributed by atoms with Gasteiger partial charge in [0.15, 0.2) is 0 Å². The number of alkyl halides is 6. The summed E-state index contributed by atoms with van der Waals surface area (Å²) >= 11 is 0. The first-order chi connectivity index (χ1) is 18.4. The zero-order valence-corrected chi connectivity index (χ0v) is 22.1. The molecule has 0 N–H and O–H groups in total. The molecule has 0 radical (unpaired) electrons. The monoisotopic (exact) mass is 560 g/mol. The van der Waals surface area contributed by atoms with Crippen molar-refractivity contribution in [2.75, 3.05) is 39.6 Å². The van der Waals surface area contributed by atoms with Crippen molar-refractivity contribution in [2.24, 2.45) is 10.8 Å². The minimum Gasteiger partial charge on any atom is -0.380 e. The van der Waals surface area contributed by atoms with Crippen LogP contribution in [0.1, 0.15) is 48.9 Å². The van der Waals surface area contributed by atoms with Gasteiger partial charge in [-0.1, -0.05) is 62.4 Å². The van der Waals surface area contributed by atoms with E-state index in [2.05, 4.69) is 0 Å². The van der Waals surface area contributed by atoms with Crippen molar-refractivity contribution in [1.29, 1.82) is 0 Å². The summed E-state index contributed by atoms with van der Waals surface area (Å²) < 4.78 is 108. The molecule has 2 aliphatic rings. The topological polar surface area (TPSA) is 36.9 Å². The Bertz CT molecular complexity index is 994. The lowest BCUT2D eigenvalue weighted by Crippen LogP contribution is -2.53. The third-order valence-corrected chi connectivity index (χ3v) is 7.98. The first-order valence-corrected chi connectivity index (χ1v) is 13.0. The molecule has 2 aromatic carbocycles. The highest BCUT2D eigenvalue weighted by Crippen LogP contribution is 2.54. The molecule has 0 aromatic heterocycles. The van der Waals surface area contributed by atoms with Crippen LogP contribution in [0.4, 0.5) is 26.3 Å². The third-order valence-electron chi connectivity index (χ3n) is 7.98. The molecule has 2 saturated heterocycles. The van der Waals surface area contributed by atoms with Crippen LogP contribution in [-0.2, 0) is 37.8 Å². The lowest BCUT2D eigenvalue weighted by atomic mass is 9.81. The van der Waals surface area contributed by atoms with Crippen molar-refractivity contribution in [3.8, 4) is 0 Å². The second-order valence-electron chi connectivity index (χ2n) is 10.8. The van der Waals surface area contributed by atoms with Crippen LogP contribution in [-0.4, -0.2) is 51.7 Å². The fraction of sp³-hybridized carbons (Fsp3) is 0.586. The molecular formula is C29H34F6O4. The van der Waals surface area contributed by atoms with E-state index in [-0.39, 0.29) is 24.0 Å². The molecule has 0 unspecified atom stereocenters. The van der Waals surface area contributed by atoms with Crippen molar-refractivity contribution >= 4 is 0 Å². The summed E-state index contributed by atoms with van der Waals surface area (Å²) in [5, 5.41) is 0. The molecule has 0 saturated carbocycles. The summed E-state index contributed by atoms with van der Waals surface area (Å²) in [5.74, 6) is -5.69. The van der Waals surface area contributed by atoms with Gasteiger partial charge in [-0.2, -0.15) is 22.0 Å². The predicted molar refractivity (Wildman–Crippen MR) is 132 cm³/mol. The molecule has 2 aliphatic heterocycles. The molecule has 0 aliphatic carbocycles. The van der Waals surface area contributed by atoms with E-state index in [9.17, 15) is 22.0 Å². The SMILES string of the molecule is CCC1(COCc2ccc(C(F)(c3ccc(COCC4(CC)COC4)cc3)C(F)(F)C(F)(F)F)cc2)COC1. The molecule has 4 nitrogen and oxygen atoms in total. The van der Waals surface area contributed by atoms with Crippen molar-refractivity contribution < 1.29 is 45.3 Å². The summed E-state index contributed by atoms with van der Waals surface area (Å²) in [4.78, 5) is 0. The molecule has 2 fully saturated rings. The van der Waals surface area contributed by atoms with E-state index < -0.39 is 28.9 Å². The van der Waals surface area contributed by atoms with E-state index in [1.54, 1.807) is 0 Å². The Kier molecular flexibility index (Phi) is 8.71. The van der Waals surface area contributed by atoms with Crippen LogP contribution >= 0.6 is 0 Å². The van der Waals surface area contributed by atoms with Crippen molar-refractivity contribution in [2.45, 2.75) is 57.7 Å². The smallest absolute Gasteiger partial charge is 0.380 e. The lowest BCUT2D eigenvalue weighted by molar-refractivity contribution is -0.323. The Morgan fingerprint density at radius 2 is 1.00 bits per heavy atom. The maximum atomic E-state index is 16.2. The summed E-state index contributed by atoms with van der Waals surface area (Å²) in [6.07, 6.45) is -4.39. The molecule has 2 aromatic rings. The van der Waals surface area contributed by atoms with Crippen LogP contribution in [0.25, 0.3) is 0 Å². The largest absolute Gasteiger partial charge is 0.457 e. The summed E-state index contributed by atoms with van der Waals surface area (Å²) in [5.41, 5.74) is -4.83. The van der Waals surface area contributed by atoms with Gasteiger partial charge in [0.05, 0.1) is 52.9 Å². The van der Waals surface area contributed by atoms with Crippen LogP contribution in [0.15, 0.2) is 48.5 Å². The van der Waals surface area contributed by atoms with E-state index in [0.29, 0.717) is 50.8 Å². The molecule has 0 atom stereocenters. The number of ether oxygens (including phenoxy) is 4. The fourth-order valence-electron chi connectivity index (χ4n) is 4.72. The molecular weight excluding hydrogens is 526 g/mol. The summed E-state index contributed by atoms with van der Waals surface area (Å²) in [6.45, 7) is 7.44. The predicted octanol–water partition coefficient (Wildman–Crippen LogP) is 6.98. The first-order valence-electron chi connectivity index (χ1n) is 13.0. The number of hydrogen-bond donors (Lipinski definition) is 0. The van der Waals surface area contributed by atoms with Crippen LogP contribution < -0.4 is 0 Å². The average Bonchev–Trinajstić information content (AvgIpc) is 2.87. The van der Waals surface area contributed by atoms with Gasteiger partial charge in [0.1, 0.15) is 0 Å². The summed E-state index contributed by atoms with van der Waals surface area (Å²) in [7, 11) is 0. The van der Waals surface area contributed by atoms with Crippen LogP contribution in [0, 0.1) is 10.8 Å². The highest BCUT2D eigenvalue weighted by atomic mass is 19.4. The standard InChI is InChI=1S/C29H34F6O4/c1-3-25(17-38-18-25)15-36-13-21-5-9-23(10-6-21)27(30,28(31,32)29(33,34)35)24-11-7-22(8-12-24)14-37-16-26(4-2)19-39-20-26/h5-12H,3-4,13-20H2,1-2H3. The summed E-state index contributed by atoms with van der Waals surface area (Å²) in [6, 6.07) is 9.07. The van der Waals surface area contributed by atoms with Gasteiger partial charge in [0.25, 0.3) is 0 Å². The van der Waals surface area contributed by atoms with E-state index in [0.717, 1.165) is 37.1 Å². The minimum absolute atomic E-state index is 0.0664. The van der Waals surface area contributed by atoms with Gasteiger partial charge in [-0.25, -0.2) is 4.39 Å². The van der Waals surface area contributed by atoms with E-state index >= 15 is 4.39 Å². The second-order valence-corrected chi connectivity index (χ2v) is 10.8. The Hall–Kier alpha value is -2.14. The van der Waals surface area contributed by atoms with Crippen LogP contribution in [0.3, 0.4) is 0 Å². The van der Waals surface area contributed by atoms with E-state index in [1.807, 2.05) is 13.8 Å². The number of hydrogen-bond acceptors (Lipinski definition) is 4. The average molecular weight is 561 g/mol. The van der Waals surface area contributed by atoms with Gasteiger partial charge in [-0.05, 0) is 24.0 Å². The van der Waals surface area contributed by atoms with Crippen molar-refractivity contribution in [1.82, 2.24) is 0 Å². The zero-order valence-electron chi connectivity index (χ0n) is 22.1. The van der Waals surface area contributed by atoms with E-state index in [4.69, 9.17) is 18.9 Å². The first kappa shape index (κ1) is 29.8. The van der Waals surface area contributed by atoms with Gasteiger partial charge in [-0.15, -0.1) is 0 Å². The number of halogens is 6. The molecule has 0 bridgehead atoms. The van der Waals surface area contributed by atoms with Gasteiger partial charge >= 0.3 is 12.1 Å². The Morgan fingerprint density at radius 1 is 0.641 bits per heavy atom. The quantitative estimate of drug-likeness (QED) is 0.248. The van der Waals surface area contributed by atoms with Crippen molar-refractivity contribution in [3.63, 3.8) is 0 Å². The zero-order chi connectivity index (χ0) is 28.4. The molecule has 39 heavy (non-hydrogen) atoms. The second kappa shape index (κ2) is 11.4. The Morgan fingerprint density at radius 3 is 1.26 bits per heavy atom. The van der Waals surface area contributed by atoms with Gasteiger partial charge in [0.2, 0.25) is 5.67 Å². The molecule has 0 spiro atoms. The third kappa shape index (κ3) is 5.85. The van der Waals surface area contributed by atoms with Crippen molar-refractivity contribution in [3.05, 3.63) is 70.8 Å². The van der Waals surface area contributed by atoms with Crippen LogP contribution in [0.5, 0.6) is 0 Å². The fourth-order valence-corrected chi connectivity index (χ4v) is 4.72. The lowest BCUT2D eigenvalue weighted by Gasteiger charge is -2.40.